The molecule has 2 rings (SSSR count). The third kappa shape index (κ3) is 4.34. The van der Waals surface area contributed by atoms with Gasteiger partial charge in [0.25, 0.3) is 0 Å². The molecule has 0 unspecified atom stereocenters. The number of rotatable bonds is 6. The van der Waals surface area contributed by atoms with Gasteiger partial charge in [-0.25, -0.2) is 9.78 Å². The molecule has 7 heteroatoms. The molecular weight excluding hydrogens is 286 g/mol. The van der Waals surface area contributed by atoms with Crippen LogP contribution in [-0.4, -0.2) is 28.6 Å². The first-order valence-electron chi connectivity index (χ1n) is 6.83. The number of carbonyl (C=O) groups excluding carboxylic acids is 1. The molecule has 22 heavy (non-hydrogen) atoms. The van der Waals surface area contributed by atoms with Crippen LogP contribution in [-0.2, 0) is 4.79 Å². The van der Waals surface area contributed by atoms with Crippen molar-refractivity contribution in [1.82, 2.24) is 10.3 Å². The van der Waals surface area contributed by atoms with Gasteiger partial charge in [-0.1, -0.05) is 6.07 Å². The van der Waals surface area contributed by atoms with Gasteiger partial charge in [0.15, 0.2) is 0 Å². The summed E-state index contributed by atoms with van der Waals surface area (Å²) in [6.07, 6.45) is 3.46. The normalized spacial score (nSPS) is 10.2. The van der Waals surface area contributed by atoms with Gasteiger partial charge in [0, 0.05) is 24.2 Å². The summed E-state index contributed by atoms with van der Waals surface area (Å²) in [5.41, 5.74) is 2.39. The van der Waals surface area contributed by atoms with Crippen LogP contribution in [0.15, 0.2) is 35.1 Å². The molecule has 0 aliphatic carbocycles. The number of aliphatic carboxylic acids is 1. The lowest BCUT2D eigenvalue weighted by Gasteiger charge is -2.09. The van der Waals surface area contributed by atoms with Crippen molar-refractivity contribution in [3.63, 3.8) is 0 Å². The molecule has 0 spiro atoms. The van der Waals surface area contributed by atoms with Crippen LogP contribution < -0.4 is 10.6 Å². The van der Waals surface area contributed by atoms with Crippen LogP contribution in [0, 0.1) is 6.92 Å². The van der Waals surface area contributed by atoms with E-state index in [9.17, 15) is 9.59 Å². The zero-order valence-electron chi connectivity index (χ0n) is 12.1. The molecular formula is C15H17N3O4. The standard InChI is InChI=1S/C15H17N3O4/c1-10-4-5-11(9-12(10)14-16-7-8-22-14)18-15(21)17-6-2-3-13(19)20/h4-5,7-9H,2-3,6H2,1H3,(H,19,20)(H2,17,18,21). The minimum atomic E-state index is -0.878. The summed E-state index contributed by atoms with van der Waals surface area (Å²) >= 11 is 0. The molecule has 0 atom stereocenters. The Morgan fingerprint density at radius 2 is 2.18 bits per heavy atom. The third-order valence-electron chi connectivity index (χ3n) is 3.01. The fraction of sp³-hybridized carbons (Fsp3) is 0.267. The van der Waals surface area contributed by atoms with Gasteiger partial charge >= 0.3 is 12.0 Å². The number of urea groups is 1. The van der Waals surface area contributed by atoms with E-state index in [0.717, 1.165) is 11.1 Å². The van der Waals surface area contributed by atoms with Crippen molar-refractivity contribution >= 4 is 17.7 Å². The first kappa shape index (κ1) is 15.6. The second-order valence-electron chi connectivity index (χ2n) is 4.75. The highest BCUT2D eigenvalue weighted by atomic mass is 16.4. The van der Waals surface area contributed by atoms with E-state index in [1.807, 2.05) is 13.0 Å². The van der Waals surface area contributed by atoms with E-state index >= 15 is 0 Å². The van der Waals surface area contributed by atoms with Gasteiger partial charge in [0.05, 0.1) is 6.20 Å². The molecule has 2 amide bonds. The minimum absolute atomic E-state index is 0.0269. The zero-order chi connectivity index (χ0) is 15.9. The van der Waals surface area contributed by atoms with E-state index < -0.39 is 5.97 Å². The number of anilines is 1. The van der Waals surface area contributed by atoms with E-state index in [4.69, 9.17) is 9.52 Å². The van der Waals surface area contributed by atoms with Gasteiger partial charge in [-0.2, -0.15) is 0 Å². The van der Waals surface area contributed by atoms with Gasteiger partial charge in [-0.3, -0.25) is 4.79 Å². The maximum Gasteiger partial charge on any atom is 0.319 e. The van der Waals surface area contributed by atoms with E-state index in [-0.39, 0.29) is 12.5 Å². The van der Waals surface area contributed by atoms with E-state index in [1.165, 1.54) is 6.26 Å². The van der Waals surface area contributed by atoms with Crippen molar-refractivity contribution < 1.29 is 19.1 Å². The lowest BCUT2D eigenvalue weighted by molar-refractivity contribution is -0.137. The van der Waals surface area contributed by atoms with Crippen LogP contribution in [0.2, 0.25) is 0 Å². The van der Waals surface area contributed by atoms with E-state index in [1.54, 1.807) is 18.3 Å². The summed E-state index contributed by atoms with van der Waals surface area (Å²) in [7, 11) is 0. The number of aryl methyl sites for hydroxylation is 1. The molecule has 7 nitrogen and oxygen atoms in total. The number of hydrogen-bond acceptors (Lipinski definition) is 4. The second-order valence-corrected chi connectivity index (χ2v) is 4.75. The van der Waals surface area contributed by atoms with E-state index in [0.29, 0.717) is 24.5 Å². The molecule has 1 aromatic heterocycles. The van der Waals surface area contributed by atoms with Crippen molar-refractivity contribution in [2.24, 2.45) is 0 Å². The summed E-state index contributed by atoms with van der Waals surface area (Å²) < 4.78 is 5.27. The first-order valence-corrected chi connectivity index (χ1v) is 6.83. The number of carboxylic acid groups (broad SMARTS) is 1. The van der Waals surface area contributed by atoms with Crippen molar-refractivity contribution in [2.75, 3.05) is 11.9 Å². The monoisotopic (exact) mass is 303 g/mol. The second kappa shape index (κ2) is 7.26. The zero-order valence-corrected chi connectivity index (χ0v) is 12.1. The maximum absolute atomic E-state index is 11.7. The van der Waals surface area contributed by atoms with Gasteiger partial charge in [0.1, 0.15) is 6.26 Å². The molecule has 0 aliphatic rings. The minimum Gasteiger partial charge on any atom is -0.481 e. The quantitative estimate of drug-likeness (QED) is 0.712. The molecule has 0 saturated heterocycles. The Bertz CT molecular complexity index is 653. The molecule has 116 valence electrons. The lowest BCUT2D eigenvalue weighted by atomic mass is 10.1. The molecule has 0 saturated carbocycles. The molecule has 0 fully saturated rings. The Balaban J connectivity index is 1.94. The summed E-state index contributed by atoms with van der Waals surface area (Å²) in [6, 6.07) is 5.03. The number of hydrogen-bond donors (Lipinski definition) is 3. The highest BCUT2D eigenvalue weighted by Crippen LogP contribution is 2.25. The predicted octanol–water partition coefficient (Wildman–Crippen LogP) is 2.64. The number of benzene rings is 1. The van der Waals surface area contributed by atoms with Crippen LogP contribution in [0.4, 0.5) is 10.5 Å². The Kier molecular flexibility index (Phi) is 5.13. The van der Waals surface area contributed by atoms with Crippen LogP contribution in [0.5, 0.6) is 0 Å². The Hall–Kier alpha value is -2.83. The molecule has 0 aliphatic heterocycles. The van der Waals surface area contributed by atoms with Crippen LogP contribution in [0.3, 0.4) is 0 Å². The largest absolute Gasteiger partial charge is 0.481 e. The van der Waals surface area contributed by atoms with Crippen LogP contribution in [0.1, 0.15) is 18.4 Å². The van der Waals surface area contributed by atoms with Crippen LogP contribution in [0.25, 0.3) is 11.5 Å². The highest BCUT2D eigenvalue weighted by molar-refractivity contribution is 5.90. The number of carbonyl (C=O) groups is 2. The number of nitrogens with one attached hydrogen (secondary N) is 2. The summed E-state index contributed by atoms with van der Waals surface area (Å²) in [5, 5.41) is 13.8. The number of carboxylic acids is 1. The van der Waals surface area contributed by atoms with Gasteiger partial charge in [-0.15, -0.1) is 0 Å². The maximum atomic E-state index is 11.7. The first-order chi connectivity index (χ1) is 10.6. The number of nitrogens with zero attached hydrogens (tertiary/aromatic N) is 1. The van der Waals surface area contributed by atoms with Gasteiger partial charge < -0.3 is 20.2 Å². The van der Waals surface area contributed by atoms with Crippen LogP contribution >= 0.6 is 0 Å². The summed E-state index contributed by atoms with van der Waals surface area (Å²) in [6.45, 7) is 2.23. The van der Waals surface area contributed by atoms with Gasteiger partial charge in [-0.05, 0) is 31.0 Å². The third-order valence-corrected chi connectivity index (χ3v) is 3.01. The van der Waals surface area contributed by atoms with Gasteiger partial charge in [0.2, 0.25) is 5.89 Å². The van der Waals surface area contributed by atoms with E-state index in [2.05, 4.69) is 15.6 Å². The molecule has 0 bridgehead atoms. The van der Waals surface area contributed by atoms with Crippen molar-refractivity contribution in [3.8, 4) is 11.5 Å². The highest BCUT2D eigenvalue weighted by Gasteiger charge is 2.09. The molecule has 2 aromatic rings. The summed E-state index contributed by atoms with van der Waals surface area (Å²) in [5.74, 6) is -0.389. The number of oxazole rings is 1. The predicted molar refractivity (Wildman–Crippen MR) is 80.6 cm³/mol. The number of aromatic nitrogens is 1. The topological polar surface area (TPSA) is 104 Å². The molecule has 0 radical (unpaired) electrons. The fourth-order valence-electron chi connectivity index (χ4n) is 1.90. The Morgan fingerprint density at radius 1 is 1.36 bits per heavy atom. The Morgan fingerprint density at radius 3 is 2.86 bits per heavy atom. The smallest absolute Gasteiger partial charge is 0.319 e. The lowest BCUT2D eigenvalue weighted by Crippen LogP contribution is -2.29. The molecule has 1 heterocycles. The number of amides is 2. The summed E-state index contributed by atoms with van der Waals surface area (Å²) in [4.78, 5) is 26.2. The molecule has 1 aromatic carbocycles. The molecule has 3 N–H and O–H groups in total. The van der Waals surface area contributed by atoms with Crippen molar-refractivity contribution in [2.45, 2.75) is 19.8 Å². The van der Waals surface area contributed by atoms with Crippen molar-refractivity contribution in [1.29, 1.82) is 0 Å². The average molecular weight is 303 g/mol. The Labute approximate surface area is 127 Å². The fourth-order valence-corrected chi connectivity index (χ4v) is 1.90. The SMILES string of the molecule is Cc1ccc(NC(=O)NCCCC(=O)O)cc1-c1ncco1. The van der Waals surface area contributed by atoms with Crippen molar-refractivity contribution in [3.05, 3.63) is 36.2 Å². The average Bonchev–Trinajstić information content (AvgIpc) is 2.99.